The number of fused-ring (bicyclic) bond motifs is 1. The lowest BCUT2D eigenvalue weighted by Gasteiger charge is -2.01. The summed E-state index contributed by atoms with van der Waals surface area (Å²) < 4.78 is 6.72. The van der Waals surface area contributed by atoms with E-state index in [1.165, 1.54) is 18.4 Å². The van der Waals surface area contributed by atoms with Gasteiger partial charge in [0.05, 0.1) is 18.4 Å². The fourth-order valence-electron chi connectivity index (χ4n) is 1.34. The second kappa shape index (κ2) is 5.29. The van der Waals surface area contributed by atoms with E-state index in [4.69, 9.17) is 0 Å². The summed E-state index contributed by atoms with van der Waals surface area (Å²) >= 11 is 3.07. The van der Waals surface area contributed by atoms with Gasteiger partial charge in [-0.2, -0.15) is 0 Å². The van der Waals surface area contributed by atoms with Gasteiger partial charge in [0.2, 0.25) is 0 Å². The van der Waals surface area contributed by atoms with Crippen molar-refractivity contribution in [3.05, 3.63) is 22.4 Å². The molecular formula is C11H11NO3S2. The monoisotopic (exact) mass is 269 g/mol. The van der Waals surface area contributed by atoms with Crippen LogP contribution in [-0.4, -0.2) is 25.5 Å². The minimum Gasteiger partial charge on any atom is -0.469 e. The van der Waals surface area contributed by atoms with E-state index in [-0.39, 0.29) is 18.3 Å². The minimum absolute atomic E-state index is 0.137. The lowest BCUT2D eigenvalue weighted by atomic mass is 10.4. The van der Waals surface area contributed by atoms with Crippen LogP contribution in [-0.2, 0) is 9.53 Å². The van der Waals surface area contributed by atoms with E-state index in [2.05, 4.69) is 10.1 Å². The van der Waals surface area contributed by atoms with E-state index < -0.39 is 0 Å². The van der Waals surface area contributed by atoms with Crippen molar-refractivity contribution in [2.75, 3.05) is 13.7 Å². The van der Waals surface area contributed by atoms with Gasteiger partial charge in [0.15, 0.2) is 0 Å². The summed E-state index contributed by atoms with van der Waals surface area (Å²) in [7, 11) is 1.33. The van der Waals surface area contributed by atoms with Crippen LogP contribution in [0, 0.1) is 0 Å². The maximum absolute atomic E-state index is 11.7. The van der Waals surface area contributed by atoms with Crippen molar-refractivity contribution in [1.82, 2.24) is 5.32 Å². The molecule has 0 aromatic carbocycles. The molecule has 90 valence electrons. The average molecular weight is 269 g/mol. The Kier molecular flexibility index (Phi) is 3.75. The van der Waals surface area contributed by atoms with Crippen LogP contribution in [0.25, 0.3) is 9.40 Å². The number of carbonyl (C=O) groups is 2. The van der Waals surface area contributed by atoms with Crippen LogP contribution in [0.1, 0.15) is 16.1 Å². The molecule has 0 aliphatic heterocycles. The number of carbonyl (C=O) groups excluding carboxylic acids is 2. The summed E-state index contributed by atoms with van der Waals surface area (Å²) in [5.74, 6) is -0.459. The molecule has 2 rings (SSSR count). The maximum atomic E-state index is 11.7. The summed E-state index contributed by atoms with van der Waals surface area (Å²) in [5.41, 5.74) is 0. The van der Waals surface area contributed by atoms with Gasteiger partial charge in [-0.1, -0.05) is 0 Å². The van der Waals surface area contributed by atoms with Crippen molar-refractivity contribution >= 4 is 43.9 Å². The van der Waals surface area contributed by atoms with Crippen molar-refractivity contribution in [2.45, 2.75) is 6.42 Å². The number of amides is 1. The highest BCUT2D eigenvalue weighted by atomic mass is 32.1. The van der Waals surface area contributed by atoms with Gasteiger partial charge in [0.25, 0.3) is 5.91 Å². The second-order valence-electron chi connectivity index (χ2n) is 3.34. The molecule has 6 heteroatoms. The number of hydrogen-bond acceptors (Lipinski definition) is 5. The number of ether oxygens (including phenoxy) is 1. The van der Waals surface area contributed by atoms with Gasteiger partial charge in [0, 0.05) is 15.9 Å². The predicted molar refractivity (Wildman–Crippen MR) is 68.7 cm³/mol. The standard InChI is InChI=1S/C11H11NO3S2/c1-15-10(13)2-4-12-11(14)9-6-8-7(17-9)3-5-16-8/h3,5-6H,2,4H2,1H3,(H,12,14). The van der Waals surface area contributed by atoms with E-state index in [0.29, 0.717) is 11.4 Å². The van der Waals surface area contributed by atoms with E-state index in [0.717, 1.165) is 9.40 Å². The Balaban J connectivity index is 1.92. The molecule has 0 aliphatic rings. The topological polar surface area (TPSA) is 55.4 Å². The van der Waals surface area contributed by atoms with E-state index in [1.807, 2.05) is 17.5 Å². The highest BCUT2D eigenvalue weighted by molar-refractivity contribution is 7.27. The summed E-state index contributed by atoms with van der Waals surface area (Å²) in [5, 5.41) is 4.69. The molecule has 0 unspecified atom stereocenters. The lowest BCUT2D eigenvalue weighted by molar-refractivity contribution is -0.140. The van der Waals surface area contributed by atoms with Crippen molar-refractivity contribution in [3.8, 4) is 0 Å². The first kappa shape index (κ1) is 12.1. The van der Waals surface area contributed by atoms with Gasteiger partial charge in [0.1, 0.15) is 0 Å². The Morgan fingerprint density at radius 3 is 2.94 bits per heavy atom. The number of methoxy groups -OCH3 is 1. The zero-order valence-corrected chi connectivity index (χ0v) is 10.8. The summed E-state index contributed by atoms with van der Waals surface area (Å²) in [4.78, 5) is 23.3. The van der Waals surface area contributed by atoms with Gasteiger partial charge in [-0.25, -0.2) is 0 Å². The number of esters is 1. The largest absolute Gasteiger partial charge is 0.469 e. The summed E-state index contributed by atoms with van der Waals surface area (Å²) in [6, 6.07) is 3.87. The molecular weight excluding hydrogens is 258 g/mol. The van der Waals surface area contributed by atoms with Crippen molar-refractivity contribution in [2.24, 2.45) is 0 Å². The maximum Gasteiger partial charge on any atom is 0.307 e. The SMILES string of the molecule is COC(=O)CCNC(=O)c1cc2sccc2s1. The summed E-state index contributed by atoms with van der Waals surface area (Å²) in [6.45, 7) is 0.303. The molecule has 1 amide bonds. The molecule has 0 saturated carbocycles. The molecule has 2 aromatic heterocycles. The van der Waals surface area contributed by atoms with Crippen molar-refractivity contribution in [1.29, 1.82) is 0 Å². The van der Waals surface area contributed by atoms with E-state index >= 15 is 0 Å². The molecule has 0 aliphatic carbocycles. The zero-order valence-electron chi connectivity index (χ0n) is 9.19. The molecule has 2 aromatic rings. The van der Waals surface area contributed by atoms with Crippen LogP contribution in [0.3, 0.4) is 0 Å². The highest BCUT2D eigenvalue weighted by Gasteiger charge is 2.11. The first-order valence-electron chi connectivity index (χ1n) is 5.03. The molecule has 0 fully saturated rings. The van der Waals surface area contributed by atoms with Crippen LogP contribution < -0.4 is 5.32 Å². The van der Waals surface area contributed by atoms with E-state index in [1.54, 1.807) is 11.3 Å². The number of thiophene rings is 2. The summed E-state index contributed by atoms with van der Waals surface area (Å²) in [6.07, 6.45) is 0.196. The van der Waals surface area contributed by atoms with E-state index in [9.17, 15) is 9.59 Å². The Labute approximate surface area is 106 Å². The molecule has 0 atom stereocenters. The smallest absolute Gasteiger partial charge is 0.307 e. The Hall–Kier alpha value is -1.40. The molecule has 0 spiro atoms. The molecule has 4 nitrogen and oxygen atoms in total. The third-order valence-corrected chi connectivity index (χ3v) is 4.30. The first-order valence-corrected chi connectivity index (χ1v) is 6.72. The average Bonchev–Trinajstić information content (AvgIpc) is 2.88. The number of nitrogens with one attached hydrogen (secondary N) is 1. The van der Waals surface area contributed by atoms with Gasteiger partial charge < -0.3 is 10.1 Å². The number of rotatable bonds is 4. The molecule has 0 radical (unpaired) electrons. The van der Waals surface area contributed by atoms with Crippen molar-refractivity contribution in [3.63, 3.8) is 0 Å². The lowest BCUT2D eigenvalue weighted by Crippen LogP contribution is -2.25. The van der Waals surface area contributed by atoms with Gasteiger partial charge in [-0.05, 0) is 17.5 Å². The van der Waals surface area contributed by atoms with Crippen LogP contribution in [0.2, 0.25) is 0 Å². The normalized spacial score (nSPS) is 10.4. The van der Waals surface area contributed by atoms with Gasteiger partial charge in [-0.3, -0.25) is 9.59 Å². The third-order valence-electron chi connectivity index (χ3n) is 2.21. The van der Waals surface area contributed by atoms with Crippen molar-refractivity contribution < 1.29 is 14.3 Å². The molecule has 0 saturated heterocycles. The molecule has 0 bridgehead atoms. The molecule has 2 heterocycles. The Bertz CT molecular complexity index is 515. The quantitative estimate of drug-likeness (QED) is 0.866. The van der Waals surface area contributed by atoms with Gasteiger partial charge >= 0.3 is 5.97 Å². The fourth-order valence-corrected chi connectivity index (χ4v) is 3.37. The van der Waals surface area contributed by atoms with Crippen LogP contribution in [0.15, 0.2) is 17.5 Å². The second-order valence-corrected chi connectivity index (χ2v) is 5.37. The predicted octanol–water partition coefficient (Wildman–Crippen LogP) is 2.26. The Morgan fingerprint density at radius 2 is 2.24 bits per heavy atom. The zero-order chi connectivity index (χ0) is 12.3. The van der Waals surface area contributed by atoms with Gasteiger partial charge in [-0.15, -0.1) is 22.7 Å². The van der Waals surface area contributed by atoms with Crippen LogP contribution in [0.5, 0.6) is 0 Å². The molecule has 17 heavy (non-hydrogen) atoms. The highest BCUT2D eigenvalue weighted by Crippen LogP contribution is 2.29. The van der Waals surface area contributed by atoms with Crippen LogP contribution >= 0.6 is 22.7 Å². The molecule has 1 N–H and O–H groups in total. The minimum atomic E-state index is -0.322. The number of hydrogen-bond donors (Lipinski definition) is 1. The van der Waals surface area contributed by atoms with Crippen LogP contribution in [0.4, 0.5) is 0 Å². The first-order chi connectivity index (χ1) is 8.20. The fraction of sp³-hybridized carbons (Fsp3) is 0.273. The Morgan fingerprint density at radius 1 is 1.41 bits per heavy atom. The third kappa shape index (κ3) is 2.83.